The Kier molecular flexibility index (Phi) is 3.95. The first-order valence-electron chi connectivity index (χ1n) is 6.08. The lowest BCUT2D eigenvalue weighted by molar-refractivity contribution is 0.605. The maximum atomic E-state index is 13.4. The van der Waals surface area contributed by atoms with Crippen LogP contribution in [0.4, 0.5) is 21.6 Å². The Balaban J connectivity index is 2.34. The second kappa shape index (κ2) is 5.48. The van der Waals surface area contributed by atoms with Crippen LogP contribution >= 0.6 is 11.6 Å². The fourth-order valence-corrected chi connectivity index (χ4v) is 1.93. The minimum atomic E-state index is -0.469. The smallest absolute Gasteiger partial charge is 0.152 e. The van der Waals surface area contributed by atoms with Crippen LogP contribution in [0.1, 0.15) is 19.0 Å². The van der Waals surface area contributed by atoms with E-state index >= 15 is 0 Å². The third kappa shape index (κ3) is 2.81. The van der Waals surface area contributed by atoms with Gasteiger partial charge in [0.25, 0.3) is 0 Å². The van der Waals surface area contributed by atoms with E-state index in [-0.39, 0.29) is 5.02 Å². The SMILES string of the molecule is CCCn1nc(C)c(N)c1Nc1ccc(Cl)c(F)c1. The van der Waals surface area contributed by atoms with Crippen molar-refractivity contribution in [1.82, 2.24) is 9.78 Å². The Morgan fingerprint density at radius 1 is 1.47 bits per heavy atom. The minimum Gasteiger partial charge on any atom is -0.394 e. The van der Waals surface area contributed by atoms with E-state index in [4.69, 9.17) is 17.3 Å². The number of rotatable bonds is 4. The summed E-state index contributed by atoms with van der Waals surface area (Å²) in [5, 5.41) is 7.53. The van der Waals surface area contributed by atoms with Gasteiger partial charge in [0.15, 0.2) is 5.82 Å². The molecule has 0 fully saturated rings. The van der Waals surface area contributed by atoms with Gasteiger partial charge in [0.05, 0.1) is 16.4 Å². The first kappa shape index (κ1) is 13.7. The van der Waals surface area contributed by atoms with Crippen molar-refractivity contribution in [2.75, 3.05) is 11.1 Å². The van der Waals surface area contributed by atoms with E-state index in [2.05, 4.69) is 17.3 Å². The average molecular weight is 283 g/mol. The highest BCUT2D eigenvalue weighted by molar-refractivity contribution is 6.30. The van der Waals surface area contributed by atoms with Crippen molar-refractivity contribution < 1.29 is 4.39 Å². The van der Waals surface area contributed by atoms with Crippen LogP contribution in [0.2, 0.25) is 5.02 Å². The fourth-order valence-electron chi connectivity index (χ4n) is 1.81. The highest BCUT2D eigenvalue weighted by Crippen LogP contribution is 2.28. The summed E-state index contributed by atoms with van der Waals surface area (Å²) in [6, 6.07) is 4.53. The zero-order valence-electron chi connectivity index (χ0n) is 10.9. The topological polar surface area (TPSA) is 55.9 Å². The van der Waals surface area contributed by atoms with Crippen LogP contribution in [-0.2, 0) is 6.54 Å². The molecule has 4 nitrogen and oxygen atoms in total. The van der Waals surface area contributed by atoms with E-state index < -0.39 is 5.82 Å². The van der Waals surface area contributed by atoms with E-state index in [9.17, 15) is 4.39 Å². The Labute approximate surface area is 116 Å². The van der Waals surface area contributed by atoms with Crippen LogP contribution in [0, 0.1) is 12.7 Å². The Bertz CT molecular complexity index is 595. The summed E-state index contributed by atoms with van der Waals surface area (Å²) in [5.41, 5.74) is 7.90. The molecule has 0 spiro atoms. The molecule has 3 N–H and O–H groups in total. The Morgan fingerprint density at radius 2 is 2.21 bits per heavy atom. The molecule has 6 heteroatoms. The molecule has 0 saturated heterocycles. The fraction of sp³-hybridized carbons (Fsp3) is 0.308. The lowest BCUT2D eigenvalue weighted by Gasteiger charge is -2.10. The Hall–Kier alpha value is -1.75. The number of hydrogen-bond acceptors (Lipinski definition) is 3. The lowest BCUT2D eigenvalue weighted by Crippen LogP contribution is -2.05. The standard InChI is InChI=1S/C13H16ClFN4/c1-3-6-19-13(12(16)8(2)18-19)17-9-4-5-10(14)11(15)7-9/h4-5,7,17H,3,6,16H2,1-2H3. The highest BCUT2D eigenvalue weighted by Gasteiger charge is 2.12. The maximum absolute atomic E-state index is 13.4. The van der Waals surface area contributed by atoms with E-state index in [0.717, 1.165) is 18.7 Å². The average Bonchev–Trinajstić information content (AvgIpc) is 2.62. The van der Waals surface area contributed by atoms with E-state index in [1.807, 2.05) is 6.92 Å². The van der Waals surface area contributed by atoms with Crippen molar-refractivity contribution >= 4 is 28.8 Å². The van der Waals surface area contributed by atoms with Gasteiger partial charge in [-0.3, -0.25) is 0 Å². The monoisotopic (exact) mass is 282 g/mol. The quantitative estimate of drug-likeness (QED) is 0.898. The molecule has 1 heterocycles. The zero-order chi connectivity index (χ0) is 14.0. The molecular formula is C13H16ClFN4. The van der Waals surface area contributed by atoms with Gasteiger partial charge in [0.2, 0.25) is 0 Å². The highest BCUT2D eigenvalue weighted by atomic mass is 35.5. The number of nitrogen functional groups attached to an aromatic ring is 1. The summed E-state index contributed by atoms with van der Waals surface area (Å²) in [4.78, 5) is 0. The summed E-state index contributed by atoms with van der Waals surface area (Å²) in [5.74, 6) is 0.213. The first-order valence-corrected chi connectivity index (χ1v) is 6.45. The molecular weight excluding hydrogens is 267 g/mol. The van der Waals surface area contributed by atoms with Crippen LogP contribution in [0.15, 0.2) is 18.2 Å². The summed E-state index contributed by atoms with van der Waals surface area (Å²) in [6.07, 6.45) is 0.935. The van der Waals surface area contributed by atoms with Gasteiger partial charge in [0.1, 0.15) is 5.82 Å². The number of hydrogen-bond donors (Lipinski definition) is 2. The first-order chi connectivity index (χ1) is 9.02. The van der Waals surface area contributed by atoms with Gasteiger partial charge >= 0.3 is 0 Å². The number of nitrogens with one attached hydrogen (secondary N) is 1. The van der Waals surface area contributed by atoms with Crippen LogP contribution in [0.3, 0.4) is 0 Å². The van der Waals surface area contributed by atoms with Gasteiger partial charge in [-0.15, -0.1) is 0 Å². The summed E-state index contributed by atoms with van der Waals surface area (Å²) >= 11 is 5.65. The predicted molar refractivity (Wildman–Crippen MR) is 76.4 cm³/mol. The van der Waals surface area contributed by atoms with Gasteiger partial charge in [-0.25, -0.2) is 9.07 Å². The molecule has 0 unspecified atom stereocenters. The van der Waals surface area contributed by atoms with Crippen molar-refractivity contribution in [3.63, 3.8) is 0 Å². The second-order valence-electron chi connectivity index (χ2n) is 4.32. The maximum Gasteiger partial charge on any atom is 0.152 e. The number of halogens is 2. The number of aromatic nitrogens is 2. The van der Waals surface area contributed by atoms with Crippen molar-refractivity contribution in [3.05, 3.63) is 34.7 Å². The number of nitrogens with zero attached hydrogens (tertiary/aromatic N) is 2. The number of anilines is 3. The third-order valence-electron chi connectivity index (χ3n) is 2.79. The number of aryl methyl sites for hydroxylation is 2. The van der Waals surface area contributed by atoms with Crippen molar-refractivity contribution in [2.24, 2.45) is 0 Å². The molecule has 0 atom stereocenters. The van der Waals surface area contributed by atoms with Crippen LogP contribution in [0.5, 0.6) is 0 Å². The van der Waals surface area contributed by atoms with Gasteiger partial charge in [-0.1, -0.05) is 18.5 Å². The molecule has 0 aliphatic rings. The minimum absolute atomic E-state index is 0.0942. The summed E-state index contributed by atoms with van der Waals surface area (Å²) in [6.45, 7) is 4.64. The Morgan fingerprint density at radius 3 is 2.84 bits per heavy atom. The molecule has 1 aromatic carbocycles. The van der Waals surface area contributed by atoms with Crippen LogP contribution in [-0.4, -0.2) is 9.78 Å². The van der Waals surface area contributed by atoms with E-state index in [0.29, 0.717) is 17.2 Å². The molecule has 2 aromatic rings. The molecule has 0 aliphatic carbocycles. The number of benzene rings is 1. The van der Waals surface area contributed by atoms with Crippen molar-refractivity contribution in [3.8, 4) is 0 Å². The zero-order valence-corrected chi connectivity index (χ0v) is 11.6. The molecule has 1 aromatic heterocycles. The van der Waals surface area contributed by atoms with Crippen molar-refractivity contribution in [2.45, 2.75) is 26.8 Å². The molecule has 102 valence electrons. The third-order valence-corrected chi connectivity index (χ3v) is 3.10. The van der Waals surface area contributed by atoms with Crippen LogP contribution in [0.25, 0.3) is 0 Å². The number of nitrogens with two attached hydrogens (primary N) is 1. The van der Waals surface area contributed by atoms with E-state index in [1.54, 1.807) is 10.7 Å². The summed E-state index contributed by atoms with van der Waals surface area (Å²) in [7, 11) is 0. The molecule has 0 aliphatic heterocycles. The molecule has 0 saturated carbocycles. The normalized spacial score (nSPS) is 10.7. The van der Waals surface area contributed by atoms with Crippen molar-refractivity contribution in [1.29, 1.82) is 0 Å². The molecule has 0 radical (unpaired) electrons. The van der Waals surface area contributed by atoms with Gasteiger partial charge < -0.3 is 11.1 Å². The molecule has 19 heavy (non-hydrogen) atoms. The van der Waals surface area contributed by atoms with Crippen LogP contribution < -0.4 is 11.1 Å². The lowest BCUT2D eigenvalue weighted by atomic mass is 10.3. The molecule has 2 rings (SSSR count). The van der Waals surface area contributed by atoms with Gasteiger partial charge in [0, 0.05) is 12.2 Å². The second-order valence-corrected chi connectivity index (χ2v) is 4.73. The molecule has 0 amide bonds. The predicted octanol–water partition coefficient (Wildman–Crippen LogP) is 3.72. The van der Waals surface area contributed by atoms with E-state index in [1.165, 1.54) is 12.1 Å². The molecule has 0 bridgehead atoms. The largest absolute Gasteiger partial charge is 0.394 e. The summed E-state index contributed by atoms with van der Waals surface area (Å²) < 4.78 is 15.2. The van der Waals surface area contributed by atoms with Gasteiger partial charge in [-0.2, -0.15) is 5.10 Å². The van der Waals surface area contributed by atoms with Gasteiger partial charge in [-0.05, 0) is 31.5 Å².